The van der Waals surface area contributed by atoms with E-state index < -0.39 is 21.5 Å². The van der Waals surface area contributed by atoms with Crippen molar-refractivity contribution in [2.45, 2.75) is 19.1 Å². The van der Waals surface area contributed by atoms with Gasteiger partial charge < -0.3 is 9.73 Å². The number of amides is 1. The number of nitrogens with one attached hydrogen (secondary N) is 1. The zero-order valence-corrected chi connectivity index (χ0v) is 15.4. The largest absolute Gasteiger partial charge is 0.441 e. The van der Waals surface area contributed by atoms with Gasteiger partial charge >= 0.3 is 0 Å². The van der Waals surface area contributed by atoms with Gasteiger partial charge in [-0.15, -0.1) is 0 Å². The van der Waals surface area contributed by atoms with Gasteiger partial charge in [-0.2, -0.15) is 5.26 Å². The molecule has 2 aromatic carbocycles. The summed E-state index contributed by atoms with van der Waals surface area (Å²) in [6.07, 6.45) is 0.657. The van der Waals surface area contributed by atoms with E-state index in [9.17, 15) is 13.2 Å². The second kappa shape index (κ2) is 7.60. The summed E-state index contributed by atoms with van der Waals surface area (Å²) in [6, 6.07) is 13.2. The highest BCUT2D eigenvalue weighted by Crippen LogP contribution is 2.20. The topological polar surface area (TPSA) is 113 Å². The molecule has 7 nitrogen and oxygen atoms in total. The normalized spacial score (nSPS) is 11.3. The lowest BCUT2D eigenvalue weighted by molar-refractivity contribution is -0.113. The lowest BCUT2D eigenvalue weighted by Gasteiger charge is -2.07. The van der Waals surface area contributed by atoms with E-state index in [4.69, 9.17) is 9.68 Å². The molecule has 0 aliphatic heterocycles. The van der Waals surface area contributed by atoms with Crippen LogP contribution in [0.5, 0.6) is 0 Å². The third kappa shape index (κ3) is 4.71. The number of aryl methyl sites for hydroxylation is 1. The Labute approximate surface area is 156 Å². The molecule has 8 heteroatoms. The van der Waals surface area contributed by atoms with Crippen molar-refractivity contribution in [2.75, 3.05) is 11.1 Å². The zero-order valence-electron chi connectivity index (χ0n) is 14.6. The Morgan fingerprint density at radius 3 is 2.63 bits per heavy atom. The second-order valence-electron chi connectivity index (χ2n) is 6.03. The van der Waals surface area contributed by atoms with Gasteiger partial charge in [-0.05, 0) is 35.9 Å². The Bertz CT molecular complexity index is 1130. The van der Waals surface area contributed by atoms with Crippen LogP contribution < -0.4 is 5.32 Å². The lowest BCUT2D eigenvalue weighted by Crippen LogP contribution is -2.23. The number of aromatic nitrogens is 1. The van der Waals surface area contributed by atoms with Gasteiger partial charge in [-0.1, -0.05) is 19.1 Å². The molecule has 1 N–H and O–H groups in total. The molecule has 0 aliphatic carbocycles. The molecule has 1 aromatic heterocycles. The number of carbonyl (C=O) groups excluding carboxylic acids is 1. The minimum absolute atomic E-state index is 0.270. The Morgan fingerprint density at radius 1 is 1.22 bits per heavy atom. The molecule has 0 saturated heterocycles. The van der Waals surface area contributed by atoms with E-state index in [0.29, 0.717) is 40.2 Å². The molecule has 0 atom stereocenters. The number of benzene rings is 2. The number of carbonyl (C=O) groups is 1. The molecule has 0 radical (unpaired) electrons. The number of sulfone groups is 1. The fourth-order valence-electron chi connectivity index (χ4n) is 2.58. The van der Waals surface area contributed by atoms with Gasteiger partial charge in [-0.25, -0.2) is 13.4 Å². The Morgan fingerprint density at radius 2 is 1.96 bits per heavy atom. The van der Waals surface area contributed by atoms with Crippen LogP contribution in [-0.4, -0.2) is 25.1 Å². The van der Waals surface area contributed by atoms with Gasteiger partial charge in [0.15, 0.2) is 21.3 Å². The number of rotatable bonds is 6. The van der Waals surface area contributed by atoms with Gasteiger partial charge in [0.25, 0.3) is 0 Å². The maximum Gasteiger partial charge on any atom is 0.239 e. The highest BCUT2D eigenvalue weighted by Gasteiger charge is 2.18. The van der Waals surface area contributed by atoms with Gasteiger partial charge in [-0.3, -0.25) is 4.79 Å². The number of hydrogen-bond donors (Lipinski definition) is 1. The first-order valence-electron chi connectivity index (χ1n) is 8.27. The first-order valence-corrected chi connectivity index (χ1v) is 10.1. The molecule has 0 spiro atoms. The number of anilines is 1. The predicted octanol–water partition coefficient (Wildman–Crippen LogP) is 2.82. The van der Waals surface area contributed by atoms with Crippen molar-refractivity contribution in [1.29, 1.82) is 5.26 Å². The average molecular weight is 383 g/mol. The minimum atomic E-state index is -3.64. The molecule has 0 saturated carbocycles. The van der Waals surface area contributed by atoms with Gasteiger partial charge in [0.2, 0.25) is 5.91 Å². The summed E-state index contributed by atoms with van der Waals surface area (Å²) in [6.45, 7) is 1.92. The molecule has 1 amide bonds. The summed E-state index contributed by atoms with van der Waals surface area (Å²) in [7, 11) is -3.64. The molecule has 0 fully saturated rings. The van der Waals surface area contributed by atoms with Crippen LogP contribution in [-0.2, 0) is 26.8 Å². The number of oxazole rings is 1. The van der Waals surface area contributed by atoms with E-state index in [2.05, 4.69) is 10.3 Å². The summed E-state index contributed by atoms with van der Waals surface area (Å²) >= 11 is 0. The summed E-state index contributed by atoms with van der Waals surface area (Å²) in [5.74, 6) is -0.932. The van der Waals surface area contributed by atoms with E-state index in [0.717, 1.165) is 0 Å². The van der Waals surface area contributed by atoms with Crippen molar-refractivity contribution in [3.8, 4) is 6.07 Å². The minimum Gasteiger partial charge on any atom is -0.441 e. The molecule has 27 heavy (non-hydrogen) atoms. The molecule has 3 rings (SSSR count). The molecular formula is C19H17N3O4S. The number of fused-ring (bicyclic) bond motifs is 1. The first kappa shape index (κ1) is 18.6. The molecule has 0 bridgehead atoms. The highest BCUT2D eigenvalue weighted by atomic mass is 32.2. The van der Waals surface area contributed by atoms with Gasteiger partial charge in [0.1, 0.15) is 11.3 Å². The summed E-state index contributed by atoms with van der Waals surface area (Å²) < 4.78 is 30.0. The number of nitriles is 1. The Hall–Kier alpha value is -3.18. The van der Waals surface area contributed by atoms with Gasteiger partial charge in [0.05, 0.1) is 17.4 Å². The van der Waals surface area contributed by atoms with Crippen LogP contribution in [0.25, 0.3) is 11.1 Å². The number of nitrogens with zero attached hydrogens (tertiary/aromatic N) is 2. The third-order valence-electron chi connectivity index (χ3n) is 3.84. The smallest absolute Gasteiger partial charge is 0.239 e. The van der Waals surface area contributed by atoms with Crippen LogP contribution >= 0.6 is 0 Å². The quantitative estimate of drug-likeness (QED) is 0.700. The van der Waals surface area contributed by atoms with E-state index in [1.807, 2.05) is 13.0 Å². The van der Waals surface area contributed by atoms with Crippen molar-refractivity contribution in [1.82, 2.24) is 4.98 Å². The summed E-state index contributed by atoms with van der Waals surface area (Å²) in [5.41, 5.74) is 2.64. The third-order valence-corrected chi connectivity index (χ3v) is 5.31. The van der Waals surface area contributed by atoms with Crippen LogP contribution in [0.1, 0.15) is 23.9 Å². The van der Waals surface area contributed by atoms with Gasteiger partial charge in [0, 0.05) is 12.1 Å². The highest BCUT2D eigenvalue weighted by molar-refractivity contribution is 7.91. The van der Waals surface area contributed by atoms with Crippen LogP contribution in [0.2, 0.25) is 0 Å². The molecule has 138 valence electrons. The predicted molar refractivity (Wildman–Crippen MR) is 101 cm³/mol. The Balaban J connectivity index is 1.66. The SMILES string of the molecule is CCc1nc2cc(NC(=O)CS(=O)(=O)Cc3ccc(C#N)cc3)ccc2o1. The summed E-state index contributed by atoms with van der Waals surface area (Å²) in [4.78, 5) is 16.4. The maximum absolute atomic E-state index is 12.3. The van der Waals surface area contributed by atoms with Crippen molar-refractivity contribution < 1.29 is 17.6 Å². The Kier molecular flexibility index (Phi) is 5.23. The van der Waals surface area contributed by atoms with Crippen LogP contribution in [0.4, 0.5) is 5.69 Å². The molecule has 3 aromatic rings. The van der Waals surface area contributed by atoms with Crippen molar-refractivity contribution in [3.05, 3.63) is 59.5 Å². The van der Waals surface area contributed by atoms with Crippen molar-refractivity contribution in [3.63, 3.8) is 0 Å². The van der Waals surface area contributed by atoms with E-state index in [1.54, 1.807) is 42.5 Å². The monoisotopic (exact) mass is 383 g/mol. The van der Waals surface area contributed by atoms with E-state index in [-0.39, 0.29) is 5.75 Å². The zero-order chi connectivity index (χ0) is 19.4. The maximum atomic E-state index is 12.3. The lowest BCUT2D eigenvalue weighted by atomic mass is 10.2. The first-order chi connectivity index (χ1) is 12.9. The molecule has 0 unspecified atom stereocenters. The standard InChI is InChI=1S/C19H17N3O4S/c1-2-19-22-16-9-15(7-8-17(16)26-19)21-18(23)12-27(24,25)11-14-5-3-13(10-20)4-6-14/h3-9H,2,11-12H2,1H3,(H,21,23). The second-order valence-corrected chi connectivity index (χ2v) is 8.10. The van der Waals surface area contributed by atoms with Crippen molar-refractivity contribution in [2.24, 2.45) is 0 Å². The fraction of sp³-hybridized carbons (Fsp3) is 0.211. The fourth-order valence-corrected chi connectivity index (χ4v) is 3.86. The molecular weight excluding hydrogens is 366 g/mol. The average Bonchev–Trinajstić information content (AvgIpc) is 3.04. The summed E-state index contributed by atoms with van der Waals surface area (Å²) in [5, 5.41) is 11.3. The number of hydrogen-bond acceptors (Lipinski definition) is 6. The molecule has 0 aliphatic rings. The molecule has 1 heterocycles. The van der Waals surface area contributed by atoms with Crippen LogP contribution in [0.3, 0.4) is 0 Å². The van der Waals surface area contributed by atoms with E-state index in [1.165, 1.54) is 0 Å². The van der Waals surface area contributed by atoms with Crippen molar-refractivity contribution >= 4 is 32.5 Å². The van der Waals surface area contributed by atoms with E-state index >= 15 is 0 Å². The van der Waals surface area contributed by atoms with Crippen LogP contribution in [0, 0.1) is 11.3 Å². The van der Waals surface area contributed by atoms with Crippen LogP contribution in [0.15, 0.2) is 46.9 Å².